The van der Waals surface area contributed by atoms with Crippen molar-refractivity contribution in [3.05, 3.63) is 33.8 Å². The Morgan fingerprint density at radius 1 is 1.28 bits per heavy atom. The molecule has 0 atom stereocenters. The number of hydroxylamine groups is 2. The number of carbonyl (C=O) groups is 2. The molecule has 1 aromatic carbocycles. The summed E-state index contributed by atoms with van der Waals surface area (Å²) in [6.45, 7) is 3.14. The summed E-state index contributed by atoms with van der Waals surface area (Å²) >= 11 is 11.8. The molecular formula is C12H11Cl2NO3. The normalized spacial score (nSPS) is 18.1. The van der Waals surface area contributed by atoms with Crippen molar-refractivity contribution in [2.24, 2.45) is 5.41 Å². The van der Waals surface area contributed by atoms with Crippen molar-refractivity contribution in [1.82, 2.24) is 5.06 Å². The van der Waals surface area contributed by atoms with Crippen molar-refractivity contribution in [3.8, 4) is 0 Å². The Balaban J connectivity index is 2.23. The molecule has 1 aliphatic rings. The molecule has 96 valence electrons. The molecule has 0 aromatic heterocycles. The minimum atomic E-state index is -1.15. The van der Waals surface area contributed by atoms with E-state index in [0.29, 0.717) is 15.6 Å². The van der Waals surface area contributed by atoms with Crippen LogP contribution in [-0.4, -0.2) is 16.9 Å². The second-order valence-corrected chi connectivity index (χ2v) is 5.42. The zero-order chi connectivity index (χ0) is 13.5. The molecule has 0 bridgehead atoms. The van der Waals surface area contributed by atoms with Gasteiger partial charge in [-0.05, 0) is 37.6 Å². The number of rotatable bonds is 2. The first-order valence-electron chi connectivity index (χ1n) is 5.30. The third kappa shape index (κ3) is 2.18. The van der Waals surface area contributed by atoms with E-state index >= 15 is 0 Å². The highest BCUT2D eigenvalue weighted by atomic mass is 35.5. The summed E-state index contributed by atoms with van der Waals surface area (Å²) in [4.78, 5) is 28.4. The predicted molar refractivity (Wildman–Crippen MR) is 66.9 cm³/mol. The quantitative estimate of drug-likeness (QED) is 0.786. The lowest BCUT2D eigenvalue weighted by molar-refractivity contribution is -0.180. The molecule has 2 rings (SSSR count). The van der Waals surface area contributed by atoms with Gasteiger partial charge < -0.3 is 4.84 Å². The van der Waals surface area contributed by atoms with Crippen LogP contribution in [0.5, 0.6) is 0 Å². The number of benzene rings is 1. The first kappa shape index (κ1) is 13.2. The molecule has 18 heavy (non-hydrogen) atoms. The first-order chi connectivity index (χ1) is 8.32. The van der Waals surface area contributed by atoms with Gasteiger partial charge in [0.25, 0.3) is 5.91 Å². The fourth-order valence-corrected chi connectivity index (χ4v) is 1.95. The van der Waals surface area contributed by atoms with E-state index in [-0.39, 0.29) is 12.5 Å². The average Bonchev–Trinajstić information content (AvgIpc) is 2.48. The van der Waals surface area contributed by atoms with Gasteiger partial charge >= 0.3 is 5.97 Å². The zero-order valence-corrected chi connectivity index (χ0v) is 11.4. The molecule has 0 spiro atoms. The number of halogens is 2. The van der Waals surface area contributed by atoms with Gasteiger partial charge in [0, 0.05) is 10.0 Å². The Bertz CT molecular complexity index is 528. The van der Waals surface area contributed by atoms with E-state index in [2.05, 4.69) is 0 Å². The molecule has 1 aliphatic heterocycles. The lowest BCUT2D eigenvalue weighted by Crippen LogP contribution is -2.31. The molecule has 1 fully saturated rings. The Hall–Kier alpha value is -1.26. The molecule has 1 aromatic rings. The van der Waals surface area contributed by atoms with E-state index in [4.69, 9.17) is 28.0 Å². The molecule has 0 saturated carbocycles. The van der Waals surface area contributed by atoms with Gasteiger partial charge in [0.05, 0.1) is 6.54 Å². The van der Waals surface area contributed by atoms with Gasteiger partial charge in [-0.2, -0.15) is 5.06 Å². The van der Waals surface area contributed by atoms with E-state index < -0.39 is 11.4 Å². The van der Waals surface area contributed by atoms with Gasteiger partial charge in [0.1, 0.15) is 5.41 Å². The van der Waals surface area contributed by atoms with Crippen LogP contribution >= 0.6 is 23.2 Å². The molecule has 0 N–H and O–H groups in total. The van der Waals surface area contributed by atoms with Gasteiger partial charge in [-0.3, -0.25) is 4.79 Å². The summed E-state index contributed by atoms with van der Waals surface area (Å²) in [5.74, 6) is -0.950. The average molecular weight is 288 g/mol. The zero-order valence-electron chi connectivity index (χ0n) is 9.87. The summed E-state index contributed by atoms with van der Waals surface area (Å²) in [5.41, 5.74) is -0.520. The Labute approximate surface area is 114 Å². The van der Waals surface area contributed by atoms with Gasteiger partial charge in [0.15, 0.2) is 0 Å². The Kier molecular flexibility index (Phi) is 3.25. The molecule has 0 aliphatic carbocycles. The standard InChI is InChI=1S/C12H11Cl2NO3/c1-12(2)10(16)15(18-11(12)17)6-7-5-8(13)3-4-9(7)14/h3-5H,6H2,1-2H3. The Morgan fingerprint density at radius 3 is 2.50 bits per heavy atom. The van der Waals surface area contributed by atoms with E-state index in [0.717, 1.165) is 5.06 Å². The van der Waals surface area contributed by atoms with Gasteiger partial charge in [-0.15, -0.1) is 0 Å². The second-order valence-electron chi connectivity index (χ2n) is 4.58. The van der Waals surface area contributed by atoms with Crippen molar-refractivity contribution < 1.29 is 14.4 Å². The topological polar surface area (TPSA) is 46.6 Å². The number of hydrogen-bond donors (Lipinski definition) is 0. The summed E-state index contributed by atoms with van der Waals surface area (Å²) < 4.78 is 0. The highest BCUT2D eigenvalue weighted by molar-refractivity contribution is 6.33. The van der Waals surface area contributed by atoms with E-state index in [9.17, 15) is 9.59 Å². The van der Waals surface area contributed by atoms with E-state index in [1.165, 1.54) is 13.8 Å². The maximum Gasteiger partial charge on any atom is 0.347 e. The minimum Gasteiger partial charge on any atom is -0.337 e. The fraction of sp³-hybridized carbons (Fsp3) is 0.333. The fourth-order valence-electron chi connectivity index (χ4n) is 1.58. The summed E-state index contributed by atoms with van der Waals surface area (Å²) in [6, 6.07) is 4.91. The monoisotopic (exact) mass is 287 g/mol. The largest absolute Gasteiger partial charge is 0.347 e. The van der Waals surface area contributed by atoms with Crippen LogP contribution < -0.4 is 0 Å². The lowest BCUT2D eigenvalue weighted by atomic mass is 9.94. The third-order valence-corrected chi connectivity index (χ3v) is 3.39. The van der Waals surface area contributed by atoms with Crippen LogP contribution in [-0.2, 0) is 21.0 Å². The number of nitrogens with zero attached hydrogens (tertiary/aromatic N) is 1. The third-order valence-electron chi connectivity index (χ3n) is 2.79. The second kappa shape index (κ2) is 4.44. The van der Waals surface area contributed by atoms with Gasteiger partial charge in [0.2, 0.25) is 0 Å². The number of amides is 1. The highest BCUT2D eigenvalue weighted by Gasteiger charge is 2.49. The first-order valence-corrected chi connectivity index (χ1v) is 6.06. The van der Waals surface area contributed by atoms with Crippen LogP contribution in [0.25, 0.3) is 0 Å². The SMILES string of the molecule is CC1(C)C(=O)ON(Cc2cc(Cl)ccc2Cl)C1=O. The molecule has 4 nitrogen and oxygen atoms in total. The van der Waals surface area contributed by atoms with Crippen LogP contribution in [0.2, 0.25) is 10.0 Å². The summed E-state index contributed by atoms with van der Waals surface area (Å²) in [6.07, 6.45) is 0. The lowest BCUT2D eigenvalue weighted by Gasteiger charge is -2.15. The van der Waals surface area contributed by atoms with Gasteiger partial charge in [-0.1, -0.05) is 23.2 Å². The summed E-state index contributed by atoms with van der Waals surface area (Å²) in [5, 5.41) is 1.99. The number of hydrogen-bond acceptors (Lipinski definition) is 3. The molecule has 1 heterocycles. The minimum absolute atomic E-state index is 0.0907. The van der Waals surface area contributed by atoms with Crippen molar-refractivity contribution in [1.29, 1.82) is 0 Å². The van der Waals surface area contributed by atoms with Crippen LogP contribution in [0.4, 0.5) is 0 Å². The molecule has 1 amide bonds. The van der Waals surface area contributed by atoms with Crippen LogP contribution in [0.1, 0.15) is 19.4 Å². The van der Waals surface area contributed by atoms with E-state index in [1.807, 2.05) is 0 Å². The maximum atomic E-state index is 11.9. The van der Waals surface area contributed by atoms with Crippen molar-refractivity contribution in [3.63, 3.8) is 0 Å². The number of carbonyl (C=O) groups excluding carboxylic acids is 2. The predicted octanol–water partition coefficient (Wildman–Crippen LogP) is 2.82. The maximum absolute atomic E-state index is 11.9. The van der Waals surface area contributed by atoms with Crippen molar-refractivity contribution >= 4 is 35.1 Å². The molecule has 6 heteroatoms. The van der Waals surface area contributed by atoms with Crippen LogP contribution in [0.15, 0.2) is 18.2 Å². The van der Waals surface area contributed by atoms with Crippen LogP contribution in [0, 0.1) is 5.41 Å². The van der Waals surface area contributed by atoms with Crippen molar-refractivity contribution in [2.45, 2.75) is 20.4 Å². The molecular weight excluding hydrogens is 277 g/mol. The summed E-state index contributed by atoms with van der Waals surface area (Å²) in [7, 11) is 0. The smallest absolute Gasteiger partial charge is 0.337 e. The van der Waals surface area contributed by atoms with Crippen molar-refractivity contribution in [2.75, 3.05) is 0 Å². The molecule has 0 unspecified atom stereocenters. The molecule has 0 radical (unpaired) electrons. The molecule has 1 saturated heterocycles. The van der Waals surface area contributed by atoms with E-state index in [1.54, 1.807) is 18.2 Å². The Morgan fingerprint density at radius 2 is 1.94 bits per heavy atom. The van der Waals surface area contributed by atoms with Gasteiger partial charge in [-0.25, -0.2) is 4.79 Å². The highest BCUT2D eigenvalue weighted by Crippen LogP contribution is 2.31. The van der Waals surface area contributed by atoms with Crippen LogP contribution in [0.3, 0.4) is 0 Å².